The normalized spacial score (nSPS) is 19.9. The largest absolute Gasteiger partial charge is 0.378 e. The second-order valence-electron chi connectivity index (χ2n) is 5.62. The Morgan fingerprint density at radius 1 is 1.30 bits per heavy atom. The number of morpholine rings is 1. The van der Waals surface area contributed by atoms with E-state index in [1.165, 1.54) is 4.31 Å². The van der Waals surface area contributed by atoms with Crippen molar-refractivity contribution in [1.82, 2.24) is 9.62 Å². The molecule has 1 N–H and O–H groups in total. The molecule has 0 bridgehead atoms. The highest BCUT2D eigenvalue weighted by atomic mass is 32.2. The SMILES string of the molecule is CNCc1ccc(S(=O)(=O)N2CCOCC2(C)C)cc1. The van der Waals surface area contributed by atoms with Gasteiger partial charge in [0.1, 0.15) is 0 Å². The Hall–Kier alpha value is -0.950. The molecule has 112 valence electrons. The van der Waals surface area contributed by atoms with Crippen LogP contribution >= 0.6 is 0 Å². The van der Waals surface area contributed by atoms with Crippen LogP contribution in [-0.2, 0) is 21.3 Å². The summed E-state index contributed by atoms with van der Waals surface area (Å²) in [5.41, 5.74) is 0.550. The quantitative estimate of drug-likeness (QED) is 0.907. The zero-order chi connectivity index (χ0) is 14.8. The van der Waals surface area contributed by atoms with Crippen LogP contribution in [-0.4, -0.2) is 45.1 Å². The number of ether oxygens (including phenoxy) is 1. The van der Waals surface area contributed by atoms with E-state index in [1.54, 1.807) is 12.1 Å². The fourth-order valence-electron chi connectivity index (χ4n) is 2.40. The van der Waals surface area contributed by atoms with Gasteiger partial charge in [-0.05, 0) is 38.6 Å². The van der Waals surface area contributed by atoms with Crippen molar-refractivity contribution in [3.63, 3.8) is 0 Å². The average molecular weight is 298 g/mol. The van der Waals surface area contributed by atoms with E-state index in [0.717, 1.165) is 12.1 Å². The predicted molar refractivity (Wildman–Crippen MR) is 78.0 cm³/mol. The number of benzene rings is 1. The summed E-state index contributed by atoms with van der Waals surface area (Å²) in [7, 11) is -1.61. The van der Waals surface area contributed by atoms with Crippen molar-refractivity contribution in [2.45, 2.75) is 30.8 Å². The summed E-state index contributed by atoms with van der Waals surface area (Å²) < 4.78 is 32.4. The molecule has 0 radical (unpaired) electrons. The van der Waals surface area contributed by atoms with Crippen LogP contribution in [0.3, 0.4) is 0 Å². The molecule has 1 aliphatic rings. The van der Waals surface area contributed by atoms with E-state index in [-0.39, 0.29) is 0 Å². The molecular formula is C14H22N2O3S. The van der Waals surface area contributed by atoms with Gasteiger partial charge in [0.25, 0.3) is 0 Å². The van der Waals surface area contributed by atoms with E-state index in [0.29, 0.717) is 24.7 Å². The molecule has 5 nitrogen and oxygen atoms in total. The van der Waals surface area contributed by atoms with E-state index in [1.807, 2.05) is 33.0 Å². The van der Waals surface area contributed by atoms with Gasteiger partial charge in [-0.15, -0.1) is 0 Å². The standard InChI is InChI=1S/C14H22N2O3S/c1-14(2)11-19-9-8-16(14)20(17,18)13-6-4-12(5-7-13)10-15-3/h4-7,15H,8-11H2,1-3H3. The van der Waals surface area contributed by atoms with Crippen molar-refractivity contribution in [3.05, 3.63) is 29.8 Å². The highest BCUT2D eigenvalue weighted by Gasteiger charge is 2.39. The number of nitrogens with one attached hydrogen (secondary N) is 1. The van der Waals surface area contributed by atoms with Crippen molar-refractivity contribution in [3.8, 4) is 0 Å². The van der Waals surface area contributed by atoms with Crippen LogP contribution in [0.4, 0.5) is 0 Å². The highest BCUT2D eigenvalue weighted by Crippen LogP contribution is 2.27. The Morgan fingerprint density at radius 3 is 2.50 bits per heavy atom. The molecule has 1 aromatic carbocycles. The lowest BCUT2D eigenvalue weighted by Crippen LogP contribution is -2.55. The van der Waals surface area contributed by atoms with Crippen LogP contribution in [0, 0.1) is 0 Å². The minimum Gasteiger partial charge on any atom is -0.378 e. The van der Waals surface area contributed by atoms with E-state index in [9.17, 15) is 8.42 Å². The van der Waals surface area contributed by atoms with Gasteiger partial charge >= 0.3 is 0 Å². The maximum atomic E-state index is 12.7. The molecule has 2 rings (SSSR count). The first-order valence-electron chi connectivity index (χ1n) is 6.72. The van der Waals surface area contributed by atoms with E-state index in [2.05, 4.69) is 5.32 Å². The maximum Gasteiger partial charge on any atom is 0.243 e. The summed E-state index contributed by atoms with van der Waals surface area (Å²) in [5, 5.41) is 3.04. The van der Waals surface area contributed by atoms with Gasteiger partial charge in [0.15, 0.2) is 0 Å². The minimum absolute atomic E-state index is 0.340. The third kappa shape index (κ3) is 3.03. The average Bonchev–Trinajstić information content (AvgIpc) is 2.39. The number of rotatable bonds is 4. The van der Waals surface area contributed by atoms with Gasteiger partial charge in [-0.3, -0.25) is 0 Å². The molecule has 0 saturated carbocycles. The third-order valence-corrected chi connectivity index (χ3v) is 5.59. The van der Waals surface area contributed by atoms with Gasteiger partial charge in [-0.25, -0.2) is 8.42 Å². The van der Waals surface area contributed by atoms with Crippen LogP contribution in [0.25, 0.3) is 0 Å². The molecule has 0 aliphatic carbocycles. The Labute approximate surface area is 121 Å². The van der Waals surface area contributed by atoms with Crippen molar-refractivity contribution in [2.24, 2.45) is 0 Å². The first kappa shape index (κ1) is 15.4. The zero-order valence-electron chi connectivity index (χ0n) is 12.2. The van der Waals surface area contributed by atoms with Crippen molar-refractivity contribution < 1.29 is 13.2 Å². The van der Waals surface area contributed by atoms with Gasteiger partial charge in [0.2, 0.25) is 10.0 Å². The molecule has 1 fully saturated rings. The van der Waals surface area contributed by atoms with Gasteiger partial charge in [0.05, 0.1) is 23.6 Å². The van der Waals surface area contributed by atoms with Gasteiger partial charge in [-0.1, -0.05) is 12.1 Å². The molecule has 1 saturated heterocycles. The fourth-order valence-corrected chi connectivity index (χ4v) is 4.15. The van der Waals surface area contributed by atoms with Crippen LogP contribution in [0.5, 0.6) is 0 Å². The van der Waals surface area contributed by atoms with Gasteiger partial charge in [0, 0.05) is 13.1 Å². The number of hydrogen-bond donors (Lipinski definition) is 1. The van der Waals surface area contributed by atoms with Gasteiger partial charge < -0.3 is 10.1 Å². The van der Waals surface area contributed by atoms with Crippen molar-refractivity contribution in [2.75, 3.05) is 26.8 Å². The summed E-state index contributed by atoms with van der Waals surface area (Å²) in [5.74, 6) is 0. The second kappa shape index (κ2) is 5.81. The molecular weight excluding hydrogens is 276 g/mol. The maximum absolute atomic E-state index is 12.7. The molecule has 0 amide bonds. The highest BCUT2D eigenvalue weighted by molar-refractivity contribution is 7.89. The monoisotopic (exact) mass is 298 g/mol. The molecule has 0 atom stereocenters. The third-order valence-electron chi connectivity index (χ3n) is 3.46. The lowest BCUT2D eigenvalue weighted by atomic mass is 10.1. The van der Waals surface area contributed by atoms with E-state index in [4.69, 9.17) is 4.74 Å². The minimum atomic E-state index is -3.47. The number of sulfonamides is 1. The Morgan fingerprint density at radius 2 is 1.95 bits per heavy atom. The lowest BCUT2D eigenvalue weighted by molar-refractivity contribution is -0.00770. The lowest BCUT2D eigenvalue weighted by Gasteiger charge is -2.40. The molecule has 1 aliphatic heterocycles. The van der Waals surface area contributed by atoms with Crippen molar-refractivity contribution in [1.29, 1.82) is 0 Å². The topological polar surface area (TPSA) is 58.6 Å². The second-order valence-corrected chi connectivity index (χ2v) is 7.48. The van der Waals surface area contributed by atoms with Crippen LogP contribution < -0.4 is 5.32 Å². The smallest absolute Gasteiger partial charge is 0.243 e. The summed E-state index contributed by atoms with van der Waals surface area (Å²) >= 11 is 0. The molecule has 0 spiro atoms. The number of nitrogens with zero attached hydrogens (tertiary/aromatic N) is 1. The summed E-state index contributed by atoms with van der Waals surface area (Å²) in [6.07, 6.45) is 0. The summed E-state index contributed by atoms with van der Waals surface area (Å²) in [6.45, 7) is 5.76. The molecule has 1 heterocycles. The van der Waals surface area contributed by atoms with Gasteiger partial charge in [-0.2, -0.15) is 4.31 Å². The van der Waals surface area contributed by atoms with E-state index < -0.39 is 15.6 Å². The first-order valence-corrected chi connectivity index (χ1v) is 8.16. The molecule has 0 aromatic heterocycles. The molecule has 1 aromatic rings. The Kier molecular flexibility index (Phi) is 4.49. The predicted octanol–water partition coefficient (Wildman–Crippen LogP) is 1.21. The van der Waals surface area contributed by atoms with Crippen LogP contribution in [0.15, 0.2) is 29.2 Å². The Bertz CT molecular complexity index is 552. The molecule has 6 heteroatoms. The van der Waals surface area contributed by atoms with Crippen molar-refractivity contribution >= 4 is 10.0 Å². The Balaban J connectivity index is 2.29. The first-order chi connectivity index (χ1) is 9.38. The van der Waals surface area contributed by atoms with Crippen LogP contribution in [0.1, 0.15) is 19.4 Å². The van der Waals surface area contributed by atoms with Crippen LogP contribution in [0.2, 0.25) is 0 Å². The van der Waals surface area contributed by atoms with E-state index >= 15 is 0 Å². The summed E-state index contributed by atoms with van der Waals surface area (Å²) in [6, 6.07) is 7.04. The molecule has 0 unspecified atom stereocenters. The zero-order valence-corrected chi connectivity index (χ0v) is 13.0. The molecule has 20 heavy (non-hydrogen) atoms. The summed E-state index contributed by atoms with van der Waals surface area (Å²) in [4.78, 5) is 0.340. The fraction of sp³-hybridized carbons (Fsp3) is 0.571. The number of hydrogen-bond acceptors (Lipinski definition) is 4.